The fraction of sp³-hybridized carbons (Fsp3) is 0.182. The number of aryl methyl sites for hydroxylation is 1. The predicted octanol–water partition coefficient (Wildman–Crippen LogP) is 3.23. The Bertz CT molecular complexity index is 493. The van der Waals surface area contributed by atoms with Crippen LogP contribution < -0.4 is 4.84 Å². The summed E-state index contributed by atoms with van der Waals surface area (Å²) < 4.78 is 5.12. The molecule has 1 aromatic heterocycles. The predicted molar refractivity (Wildman–Crippen MR) is 57.1 cm³/mol. The highest BCUT2D eigenvalue weighted by Gasteiger charge is 2.10. The molecule has 5 heteroatoms. The van der Waals surface area contributed by atoms with Crippen LogP contribution in [0.4, 0.5) is 0 Å². The number of para-hydroxylation sites is 1. The zero-order valence-corrected chi connectivity index (χ0v) is 8.80. The second-order valence-electron chi connectivity index (χ2n) is 3.21. The molecule has 0 fully saturated rings. The maximum absolute atomic E-state index is 6.70. The third-order valence-electron chi connectivity index (χ3n) is 2.21. The first-order valence-corrected chi connectivity index (χ1v) is 4.94. The van der Waals surface area contributed by atoms with Gasteiger partial charge in [0.2, 0.25) is 0 Å². The third-order valence-corrected chi connectivity index (χ3v) is 2.21. The smallest absolute Gasteiger partial charge is 0.169 e. The summed E-state index contributed by atoms with van der Waals surface area (Å²) in [6, 6.07) is 9.11. The van der Waals surface area contributed by atoms with Gasteiger partial charge in [-0.15, -0.1) is 0 Å². The fourth-order valence-electron chi connectivity index (χ4n) is 1.41. The lowest BCUT2D eigenvalue weighted by Crippen LogP contribution is -1.85. The molecule has 5 nitrogen and oxygen atoms in total. The van der Waals surface area contributed by atoms with Crippen molar-refractivity contribution < 1.29 is 9.36 Å². The van der Waals surface area contributed by atoms with Crippen molar-refractivity contribution in [3.63, 3.8) is 0 Å². The van der Waals surface area contributed by atoms with Crippen molar-refractivity contribution in [1.29, 1.82) is 5.53 Å². The van der Waals surface area contributed by atoms with Crippen LogP contribution in [0.25, 0.3) is 11.3 Å². The van der Waals surface area contributed by atoms with E-state index in [-0.39, 0.29) is 0 Å². The molecule has 0 aliphatic heterocycles. The van der Waals surface area contributed by atoms with Gasteiger partial charge in [-0.2, -0.15) is 5.53 Å². The number of hydrogen-bond donors (Lipinski definition) is 1. The first-order chi connectivity index (χ1) is 7.85. The molecule has 0 radical (unpaired) electrons. The molecule has 2 rings (SSSR count). The number of nitrogens with one attached hydrogen (secondary N) is 1. The summed E-state index contributed by atoms with van der Waals surface area (Å²) in [4.78, 5) is 4.84. The van der Waals surface area contributed by atoms with Crippen LogP contribution >= 0.6 is 0 Å². The lowest BCUT2D eigenvalue weighted by atomic mass is 10.1. The van der Waals surface area contributed by atoms with Gasteiger partial charge in [0.25, 0.3) is 0 Å². The van der Waals surface area contributed by atoms with Gasteiger partial charge in [-0.25, -0.2) is 0 Å². The molecule has 0 spiro atoms. The molecule has 16 heavy (non-hydrogen) atoms. The van der Waals surface area contributed by atoms with E-state index in [9.17, 15) is 0 Å². The van der Waals surface area contributed by atoms with Crippen LogP contribution in [0.15, 0.2) is 40.1 Å². The topological polar surface area (TPSA) is 71.5 Å². The Morgan fingerprint density at radius 2 is 2.25 bits per heavy atom. The van der Waals surface area contributed by atoms with E-state index in [1.807, 2.05) is 31.2 Å². The van der Waals surface area contributed by atoms with E-state index in [0.29, 0.717) is 11.4 Å². The summed E-state index contributed by atoms with van der Waals surface area (Å²) in [7, 11) is 0. The van der Waals surface area contributed by atoms with E-state index in [4.69, 9.17) is 14.9 Å². The molecule has 0 bridgehead atoms. The summed E-state index contributed by atoms with van der Waals surface area (Å²) in [5.74, 6) is 1.31. The standard InChI is InChI=1S/C11H11N3O2/c1-2-8-7-10(13-15-8)9-5-3-4-6-11(9)16-14-12/h3-7,12H,2H2,1H3. The van der Waals surface area contributed by atoms with E-state index in [2.05, 4.69) is 10.4 Å². The molecule has 0 unspecified atom stereocenters. The minimum atomic E-state index is 0.494. The first-order valence-electron chi connectivity index (χ1n) is 4.94. The van der Waals surface area contributed by atoms with Crippen LogP contribution in [0.1, 0.15) is 12.7 Å². The summed E-state index contributed by atoms with van der Waals surface area (Å²) in [6.07, 6.45) is 0.791. The number of hydrogen-bond acceptors (Lipinski definition) is 5. The highest BCUT2D eigenvalue weighted by atomic mass is 16.6. The van der Waals surface area contributed by atoms with Crippen LogP contribution in [0.5, 0.6) is 5.75 Å². The lowest BCUT2D eigenvalue weighted by molar-refractivity contribution is 0.299. The monoisotopic (exact) mass is 217 g/mol. The molecule has 2 aromatic rings. The Morgan fingerprint density at radius 3 is 2.94 bits per heavy atom. The van der Waals surface area contributed by atoms with E-state index >= 15 is 0 Å². The van der Waals surface area contributed by atoms with E-state index in [0.717, 1.165) is 17.7 Å². The van der Waals surface area contributed by atoms with Crippen LogP contribution in [-0.4, -0.2) is 5.16 Å². The van der Waals surface area contributed by atoms with Gasteiger partial charge in [0, 0.05) is 23.3 Å². The van der Waals surface area contributed by atoms with E-state index in [1.165, 1.54) is 0 Å². The van der Waals surface area contributed by atoms with E-state index < -0.39 is 0 Å². The zero-order chi connectivity index (χ0) is 11.4. The molecule has 0 aliphatic carbocycles. The van der Waals surface area contributed by atoms with Crippen LogP contribution in [0, 0.1) is 5.53 Å². The van der Waals surface area contributed by atoms with Gasteiger partial charge in [-0.1, -0.05) is 24.2 Å². The first kappa shape index (κ1) is 10.4. The molecular weight excluding hydrogens is 206 g/mol. The van der Waals surface area contributed by atoms with Gasteiger partial charge in [0.15, 0.2) is 5.75 Å². The van der Waals surface area contributed by atoms with Crippen molar-refractivity contribution in [2.45, 2.75) is 13.3 Å². The summed E-state index contributed by atoms with van der Waals surface area (Å²) in [6.45, 7) is 1.99. The maximum Gasteiger partial charge on any atom is 0.169 e. The third kappa shape index (κ3) is 1.93. The van der Waals surface area contributed by atoms with Gasteiger partial charge in [-0.05, 0) is 12.1 Å². The van der Waals surface area contributed by atoms with Crippen LogP contribution in [0.3, 0.4) is 0 Å². The number of aromatic nitrogens is 1. The van der Waals surface area contributed by atoms with Crippen molar-refractivity contribution >= 4 is 0 Å². The highest BCUT2D eigenvalue weighted by molar-refractivity contribution is 5.66. The SMILES string of the molecule is CCc1cc(-c2ccccc2ON=N)no1. The largest absolute Gasteiger partial charge is 0.361 e. The molecule has 1 aromatic carbocycles. The van der Waals surface area contributed by atoms with Crippen molar-refractivity contribution in [2.24, 2.45) is 5.28 Å². The molecule has 0 aliphatic rings. The molecule has 1 N–H and O–H groups in total. The fourth-order valence-corrected chi connectivity index (χ4v) is 1.41. The number of nitrogens with zero attached hydrogens (tertiary/aromatic N) is 2. The molecule has 0 amide bonds. The molecule has 0 saturated carbocycles. The summed E-state index contributed by atoms with van der Waals surface area (Å²) >= 11 is 0. The lowest BCUT2D eigenvalue weighted by Gasteiger charge is -2.01. The Labute approximate surface area is 92.5 Å². The minimum absolute atomic E-state index is 0.494. The quantitative estimate of drug-likeness (QED) is 0.631. The van der Waals surface area contributed by atoms with E-state index in [1.54, 1.807) is 6.07 Å². The van der Waals surface area contributed by atoms with Crippen molar-refractivity contribution in [2.75, 3.05) is 0 Å². The zero-order valence-electron chi connectivity index (χ0n) is 8.80. The number of rotatable bonds is 4. The molecule has 1 heterocycles. The van der Waals surface area contributed by atoms with Gasteiger partial charge < -0.3 is 9.36 Å². The average molecular weight is 217 g/mol. The Morgan fingerprint density at radius 1 is 1.44 bits per heavy atom. The summed E-state index contributed by atoms with van der Waals surface area (Å²) in [5, 5.41) is 6.85. The second kappa shape index (κ2) is 4.57. The highest BCUT2D eigenvalue weighted by Crippen LogP contribution is 2.29. The van der Waals surface area contributed by atoms with Gasteiger partial charge in [-0.3, -0.25) is 0 Å². The molecular formula is C11H11N3O2. The minimum Gasteiger partial charge on any atom is -0.361 e. The molecule has 82 valence electrons. The van der Waals surface area contributed by atoms with Crippen LogP contribution in [0.2, 0.25) is 0 Å². The number of benzene rings is 1. The molecule has 0 atom stereocenters. The summed E-state index contributed by atoms with van der Waals surface area (Å²) in [5.41, 5.74) is 8.16. The molecule has 0 saturated heterocycles. The van der Waals surface area contributed by atoms with Crippen molar-refractivity contribution in [1.82, 2.24) is 5.16 Å². The average Bonchev–Trinajstić information content (AvgIpc) is 2.79. The van der Waals surface area contributed by atoms with Gasteiger partial charge in [0.05, 0.1) is 0 Å². The Hall–Kier alpha value is -2.17. The van der Waals surface area contributed by atoms with Crippen LogP contribution in [-0.2, 0) is 6.42 Å². The van der Waals surface area contributed by atoms with Gasteiger partial charge in [0.1, 0.15) is 11.5 Å². The Balaban J connectivity index is 2.42. The van der Waals surface area contributed by atoms with Crippen molar-refractivity contribution in [3.8, 4) is 17.0 Å². The normalized spacial score (nSPS) is 10.1. The Kier molecular flexibility index (Phi) is 2.95. The second-order valence-corrected chi connectivity index (χ2v) is 3.21. The van der Waals surface area contributed by atoms with Crippen molar-refractivity contribution in [3.05, 3.63) is 36.1 Å². The van der Waals surface area contributed by atoms with Gasteiger partial charge >= 0.3 is 0 Å². The maximum atomic E-state index is 6.70.